The van der Waals surface area contributed by atoms with Crippen LogP contribution in [0.4, 0.5) is 0 Å². The molecule has 19 heavy (non-hydrogen) atoms. The lowest BCUT2D eigenvalue weighted by atomic mass is 10.2. The summed E-state index contributed by atoms with van der Waals surface area (Å²) in [7, 11) is -0.987. The molecule has 2 rings (SSSR count). The molecule has 0 aliphatic heterocycles. The molecule has 0 aliphatic rings. The topological polar surface area (TPSA) is 43.4 Å². The van der Waals surface area contributed by atoms with Gasteiger partial charge in [-0.15, -0.1) is 0 Å². The van der Waals surface area contributed by atoms with Crippen LogP contribution in [0.25, 0.3) is 0 Å². The molecule has 3 nitrogen and oxygen atoms in total. The molecule has 0 N–H and O–H groups in total. The zero-order valence-electron chi connectivity index (χ0n) is 10.5. The van der Waals surface area contributed by atoms with Crippen molar-refractivity contribution < 1.29 is 13.7 Å². The van der Waals surface area contributed by atoms with Crippen LogP contribution in [0.2, 0.25) is 0 Å². The summed E-state index contributed by atoms with van der Waals surface area (Å²) in [6.45, 7) is 0.213. The van der Waals surface area contributed by atoms with E-state index >= 15 is 0 Å². The minimum absolute atomic E-state index is 0.213. The Morgan fingerprint density at radius 2 is 1.68 bits per heavy atom. The lowest BCUT2D eigenvalue weighted by Crippen LogP contribution is -2.04. The lowest BCUT2D eigenvalue weighted by Gasteiger charge is -2.05. The van der Waals surface area contributed by atoms with E-state index in [9.17, 15) is 9.00 Å². The molecule has 0 heterocycles. The van der Waals surface area contributed by atoms with Crippen LogP contribution in [0.1, 0.15) is 15.9 Å². The second kappa shape index (κ2) is 6.29. The molecule has 0 spiro atoms. The molecule has 0 radical (unpaired) electrons. The Labute approximate surface area is 114 Å². The molecule has 0 saturated heterocycles. The number of benzene rings is 2. The Kier molecular flexibility index (Phi) is 4.47. The number of ether oxygens (including phenoxy) is 1. The first-order chi connectivity index (χ1) is 9.16. The van der Waals surface area contributed by atoms with E-state index in [1.807, 2.05) is 18.2 Å². The van der Waals surface area contributed by atoms with Crippen molar-refractivity contribution in [1.29, 1.82) is 0 Å². The third kappa shape index (κ3) is 3.76. The van der Waals surface area contributed by atoms with Gasteiger partial charge in [0.1, 0.15) is 6.61 Å². The van der Waals surface area contributed by atoms with Crippen molar-refractivity contribution in [3.63, 3.8) is 0 Å². The van der Waals surface area contributed by atoms with Crippen molar-refractivity contribution >= 4 is 16.8 Å². The summed E-state index contributed by atoms with van der Waals surface area (Å²) in [6.07, 6.45) is 1.63. The maximum atomic E-state index is 11.7. The van der Waals surface area contributed by atoms with Gasteiger partial charge in [-0.05, 0) is 29.8 Å². The monoisotopic (exact) mass is 274 g/mol. The third-order valence-electron chi connectivity index (χ3n) is 2.63. The van der Waals surface area contributed by atoms with E-state index in [2.05, 4.69) is 0 Å². The molecule has 0 aromatic heterocycles. The van der Waals surface area contributed by atoms with Gasteiger partial charge in [0.05, 0.1) is 5.56 Å². The first-order valence-corrected chi connectivity index (χ1v) is 7.37. The smallest absolute Gasteiger partial charge is 0.338 e. The zero-order valence-corrected chi connectivity index (χ0v) is 11.4. The van der Waals surface area contributed by atoms with Crippen LogP contribution in [0.5, 0.6) is 0 Å². The fourth-order valence-corrected chi connectivity index (χ4v) is 2.10. The third-order valence-corrected chi connectivity index (χ3v) is 3.57. The number of rotatable bonds is 4. The second-order valence-electron chi connectivity index (χ2n) is 4.04. The standard InChI is InChI=1S/C15H14O3S/c1-19(17)14-9-7-12(8-10-14)11-18-15(16)13-5-3-2-4-6-13/h2-10H,11H2,1H3. The summed E-state index contributed by atoms with van der Waals surface area (Å²) in [4.78, 5) is 12.5. The summed E-state index contributed by atoms with van der Waals surface area (Å²) < 4.78 is 16.4. The van der Waals surface area contributed by atoms with Crippen molar-refractivity contribution in [2.45, 2.75) is 11.5 Å². The predicted octanol–water partition coefficient (Wildman–Crippen LogP) is 2.78. The van der Waals surface area contributed by atoms with Crippen molar-refractivity contribution in [2.75, 3.05) is 6.26 Å². The minimum Gasteiger partial charge on any atom is -0.457 e. The lowest BCUT2D eigenvalue weighted by molar-refractivity contribution is 0.0472. The Morgan fingerprint density at radius 1 is 1.05 bits per heavy atom. The Bertz CT molecular complexity index is 576. The summed E-state index contributed by atoms with van der Waals surface area (Å²) in [5, 5.41) is 0. The van der Waals surface area contributed by atoms with Gasteiger partial charge in [0, 0.05) is 22.0 Å². The van der Waals surface area contributed by atoms with E-state index in [0.717, 1.165) is 10.5 Å². The zero-order chi connectivity index (χ0) is 13.7. The number of carbonyl (C=O) groups excluding carboxylic acids is 1. The van der Waals surface area contributed by atoms with Gasteiger partial charge in [-0.2, -0.15) is 0 Å². The quantitative estimate of drug-likeness (QED) is 0.805. The molecule has 0 bridgehead atoms. The average molecular weight is 274 g/mol. The van der Waals surface area contributed by atoms with Gasteiger partial charge in [0.25, 0.3) is 0 Å². The highest BCUT2D eigenvalue weighted by Gasteiger charge is 2.06. The van der Waals surface area contributed by atoms with Gasteiger partial charge in [-0.25, -0.2) is 4.79 Å². The molecule has 2 aromatic rings. The Hall–Kier alpha value is -1.94. The molecule has 0 saturated carbocycles. The molecular formula is C15H14O3S. The summed E-state index contributed by atoms with van der Waals surface area (Å²) in [5.74, 6) is -0.344. The van der Waals surface area contributed by atoms with Crippen LogP contribution >= 0.6 is 0 Å². The Balaban J connectivity index is 1.95. The molecule has 0 aliphatic carbocycles. The SMILES string of the molecule is CS(=O)c1ccc(COC(=O)c2ccccc2)cc1. The van der Waals surface area contributed by atoms with Crippen LogP contribution in [0.3, 0.4) is 0 Å². The van der Waals surface area contributed by atoms with E-state index in [0.29, 0.717) is 5.56 Å². The van der Waals surface area contributed by atoms with Crippen molar-refractivity contribution in [3.8, 4) is 0 Å². The van der Waals surface area contributed by atoms with Crippen molar-refractivity contribution in [2.24, 2.45) is 0 Å². The van der Waals surface area contributed by atoms with Crippen LogP contribution in [-0.2, 0) is 22.1 Å². The van der Waals surface area contributed by atoms with Gasteiger partial charge < -0.3 is 4.74 Å². The van der Waals surface area contributed by atoms with E-state index < -0.39 is 10.8 Å². The molecule has 0 amide bonds. The first-order valence-electron chi connectivity index (χ1n) is 5.81. The van der Waals surface area contributed by atoms with E-state index in [-0.39, 0.29) is 12.6 Å². The normalized spacial score (nSPS) is 11.8. The van der Waals surface area contributed by atoms with Gasteiger partial charge in [-0.1, -0.05) is 30.3 Å². The van der Waals surface area contributed by atoms with Crippen LogP contribution in [0.15, 0.2) is 59.5 Å². The van der Waals surface area contributed by atoms with Gasteiger partial charge in [0.15, 0.2) is 0 Å². The molecule has 2 aromatic carbocycles. The predicted molar refractivity (Wildman–Crippen MR) is 74.3 cm³/mol. The van der Waals surface area contributed by atoms with Gasteiger partial charge in [0.2, 0.25) is 0 Å². The largest absolute Gasteiger partial charge is 0.457 e. The highest BCUT2D eigenvalue weighted by molar-refractivity contribution is 7.84. The fraction of sp³-hybridized carbons (Fsp3) is 0.133. The number of hydrogen-bond donors (Lipinski definition) is 0. The fourth-order valence-electron chi connectivity index (χ4n) is 1.58. The first kappa shape index (κ1) is 13.5. The van der Waals surface area contributed by atoms with E-state index in [4.69, 9.17) is 4.74 Å². The minimum atomic E-state index is -0.987. The van der Waals surface area contributed by atoms with Crippen LogP contribution in [-0.4, -0.2) is 16.4 Å². The summed E-state index contributed by atoms with van der Waals surface area (Å²) >= 11 is 0. The average Bonchev–Trinajstić information content (AvgIpc) is 2.46. The van der Waals surface area contributed by atoms with E-state index in [1.54, 1.807) is 42.7 Å². The molecule has 0 fully saturated rings. The molecule has 98 valence electrons. The van der Waals surface area contributed by atoms with Crippen molar-refractivity contribution in [1.82, 2.24) is 0 Å². The summed E-state index contributed by atoms with van der Waals surface area (Å²) in [5.41, 5.74) is 1.41. The van der Waals surface area contributed by atoms with Crippen LogP contribution in [0, 0.1) is 0 Å². The maximum Gasteiger partial charge on any atom is 0.338 e. The maximum absolute atomic E-state index is 11.7. The highest BCUT2D eigenvalue weighted by Crippen LogP contribution is 2.10. The molecular weight excluding hydrogens is 260 g/mol. The van der Waals surface area contributed by atoms with E-state index in [1.165, 1.54) is 0 Å². The highest BCUT2D eigenvalue weighted by atomic mass is 32.2. The number of esters is 1. The summed E-state index contributed by atoms with van der Waals surface area (Å²) in [6, 6.07) is 16.1. The molecule has 1 unspecified atom stereocenters. The van der Waals surface area contributed by atoms with Crippen LogP contribution < -0.4 is 0 Å². The second-order valence-corrected chi connectivity index (χ2v) is 5.42. The number of carbonyl (C=O) groups is 1. The van der Waals surface area contributed by atoms with Gasteiger partial charge >= 0.3 is 5.97 Å². The number of hydrogen-bond acceptors (Lipinski definition) is 3. The van der Waals surface area contributed by atoms with Gasteiger partial charge in [-0.3, -0.25) is 4.21 Å². The molecule has 1 atom stereocenters. The Morgan fingerprint density at radius 3 is 2.26 bits per heavy atom. The van der Waals surface area contributed by atoms with Crippen molar-refractivity contribution in [3.05, 3.63) is 65.7 Å². The molecule has 4 heteroatoms.